The zero-order valence-corrected chi connectivity index (χ0v) is 22.6. The lowest BCUT2D eigenvalue weighted by Gasteiger charge is -2.49. The molecule has 0 aliphatic carbocycles. The largest absolute Gasteiger partial charge is 0.433 e. The Morgan fingerprint density at radius 2 is 1.76 bits per heavy atom. The van der Waals surface area contributed by atoms with Crippen molar-refractivity contribution in [2.75, 3.05) is 18.0 Å². The number of piperazine rings is 1. The first-order valence-corrected chi connectivity index (χ1v) is 13.1. The average Bonchev–Trinajstić information content (AvgIpc) is 2.96. The molecule has 1 fully saturated rings. The summed E-state index contributed by atoms with van der Waals surface area (Å²) < 4.78 is 55.0. The van der Waals surface area contributed by atoms with Gasteiger partial charge in [-0.15, -0.1) is 0 Å². The van der Waals surface area contributed by atoms with E-state index in [2.05, 4.69) is 19.9 Å². The van der Waals surface area contributed by atoms with Crippen LogP contribution in [0.15, 0.2) is 59.5 Å². The third-order valence-electron chi connectivity index (χ3n) is 7.59. The Labute approximate surface area is 233 Å². The Morgan fingerprint density at radius 3 is 2.37 bits per heavy atom. The van der Waals surface area contributed by atoms with E-state index < -0.39 is 29.4 Å². The van der Waals surface area contributed by atoms with Crippen LogP contribution in [0.4, 0.5) is 23.4 Å². The van der Waals surface area contributed by atoms with Gasteiger partial charge in [0.15, 0.2) is 5.82 Å². The van der Waals surface area contributed by atoms with Gasteiger partial charge in [-0.1, -0.05) is 25.1 Å². The molecule has 1 aliphatic heterocycles. The van der Waals surface area contributed by atoms with Crippen molar-refractivity contribution in [3.63, 3.8) is 0 Å². The molecule has 41 heavy (non-hydrogen) atoms. The Bertz CT molecular complexity index is 1660. The number of anilines is 1. The molecule has 1 saturated heterocycles. The monoisotopic (exact) mass is 565 g/mol. The zero-order chi connectivity index (χ0) is 29.5. The number of hydrogen-bond acceptors (Lipinski definition) is 7. The summed E-state index contributed by atoms with van der Waals surface area (Å²) in [6, 6.07) is 12.7. The lowest BCUT2D eigenvalue weighted by atomic mass is 9.93. The summed E-state index contributed by atoms with van der Waals surface area (Å²) >= 11 is 0. The van der Waals surface area contributed by atoms with Gasteiger partial charge >= 0.3 is 11.9 Å². The van der Waals surface area contributed by atoms with Gasteiger partial charge in [-0.2, -0.15) is 23.4 Å². The molecule has 0 radical (unpaired) electrons. The van der Waals surface area contributed by atoms with Gasteiger partial charge in [0.25, 0.3) is 0 Å². The molecule has 8 nitrogen and oxygen atoms in total. The van der Waals surface area contributed by atoms with E-state index >= 15 is 0 Å². The molecule has 3 aromatic heterocycles. The molecule has 12 heteroatoms. The quantitative estimate of drug-likeness (QED) is 0.320. The highest BCUT2D eigenvalue weighted by Crippen LogP contribution is 2.37. The fourth-order valence-electron chi connectivity index (χ4n) is 5.47. The van der Waals surface area contributed by atoms with E-state index in [0.29, 0.717) is 47.5 Å². The van der Waals surface area contributed by atoms with E-state index in [1.165, 1.54) is 29.0 Å². The van der Waals surface area contributed by atoms with E-state index in [9.17, 15) is 27.6 Å². The van der Waals surface area contributed by atoms with Crippen LogP contribution < -0.4 is 10.6 Å². The van der Waals surface area contributed by atoms with Gasteiger partial charge in [-0.05, 0) is 54.8 Å². The molecule has 4 aromatic rings. The summed E-state index contributed by atoms with van der Waals surface area (Å²) in [4.78, 5) is 29.4. The number of rotatable bonds is 5. The summed E-state index contributed by atoms with van der Waals surface area (Å²) in [5, 5.41) is 9.43. The van der Waals surface area contributed by atoms with Crippen molar-refractivity contribution in [3.05, 3.63) is 93.5 Å². The van der Waals surface area contributed by atoms with Gasteiger partial charge in [-0.25, -0.2) is 14.2 Å². The average molecular weight is 566 g/mol. The van der Waals surface area contributed by atoms with Crippen molar-refractivity contribution < 1.29 is 17.6 Å². The van der Waals surface area contributed by atoms with Crippen molar-refractivity contribution in [3.8, 4) is 6.07 Å². The molecular formula is C29H27F4N7O. The minimum atomic E-state index is -4.57. The van der Waals surface area contributed by atoms with E-state index in [0.717, 1.165) is 6.07 Å². The van der Waals surface area contributed by atoms with Crippen LogP contribution in [0.3, 0.4) is 0 Å². The molecule has 4 heterocycles. The second-order valence-corrected chi connectivity index (χ2v) is 10.1. The number of aryl methyl sites for hydroxylation is 1. The van der Waals surface area contributed by atoms with Gasteiger partial charge in [0.2, 0.25) is 0 Å². The highest BCUT2D eigenvalue weighted by molar-refractivity contribution is 5.86. The first-order chi connectivity index (χ1) is 19.5. The van der Waals surface area contributed by atoms with Gasteiger partial charge < -0.3 is 4.90 Å². The van der Waals surface area contributed by atoms with Gasteiger partial charge in [0.05, 0.1) is 11.6 Å². The molecular weight excluding hydrogens is 538 g/mol. The molecule has 0 N–H and O–H groups in total. The van der Waals surface area contributed by atoms with Gasteiger partial charge in [-0.3, -0.25) is 14.5 Å². The van der Waals surface area contributed by atoms with E-state index in [-0.39, 0.29) is 17.8 Å². The van der Waals surface area contributed by atoms with Crippen LogP contribution >= 0.6 is 0 Å². The Hall–Kier alpha value is -4.37. The van der Waals surface area contributed by atoms with Crippen LogP contribution in [0.5, 0.6) is 0 Å². The van der Waals surface area contributed by atoms with Crippen LogP contribution in [-0.2, 0) is 13.2 Å². The van der Waals surface area contributed by atoms with Crippen LogP contribution in [-0.4, -0.2) is 49.6 Å². The van der Waals surface area contributed by atoms with Crippen molar-refractivity contribution in [2.24, 2.45) is 7.05 Å². The van der Waals surface area contributed by atoms with Gasteiger partial charge in [0.1, 0.15) is 28.8 Å². The number of aromatic nitrogens is 4. The highest BCUT2D eigenvalue weighted by Gasteiger charge is 2.38. The lowest BCUT2D eigenvalue weighted by Crippen LogP contribution is -2.58. The summed E-state index contributed by atoms with van der Waals surface area (Å²) in [6.45, 7) is 4.83. The molecule has 0 saturated carbocycles. The number of alkyl halides is 3. The summed E-state index contributed by atoms with van der Waals surface area (Å²) in [5.74, 6) is -0.0450. The number of benzene rings is 1. The van der Waals surface area contributed by atoms with Crippen LogP contribution in [0, 0.1) is 17.1 Å². The number of pyridine rings is 2. The van der Waals surface area contributed by atoms with Crippen molar-refractivity contribution >= 4 is 16.9 Å². The molecule has 1 aromatic carbocycles. The lowest BCUT2D eigenvalue weighted by molar-refractivity contribution is -0.141. The number of halogens is 4. The molecule has 1 aliphatic rings. The van der Waals surface area contributed by atoms with Crippen molar-refractivity contribution in [1.82, 2.24) is 24.4 Å². The minimum absolute atomic E-state index is 0.136. The normalized spacial score (nSPS) is 18.8. The minimum Gasteiger partial charge on any atom is -0.349 e. The number of hydrogen-bond donors (Lipinski definition) is 0. The second kappa shape index (κ2) is 10.9. The van der Waals surface area contributed by atoms with Crippen LogP contribution in [0.1, 0.15) is 48.8 Å². The summed E-state index contributed by atoms with van der Waals surface area (Å²) in [5.41, 5.74) is 0.985. The SMILES string of the molecule is CC[C@@H]1CN(c2nc(=O)n(C)c3ccc(C#N)nc23)[C@@H](C)CN1C(c1ccc(F)cc1)c1ccc(C(F)(F)F)nc1. The maximum absolute atomic E-state index is 13.8. The van der Waals surface area contributed by atoms with Crippen LogP contribution in [0.2, 0.25) is 0 Å². The smallest absolute Gasteiger partial charge is 0.349 e. The number of nitriles is 1. The fourth-order valence-corrected chi connectivity index (χ4v) is 5.47. The predicted octanol–water partition coefficient (Wildman–Crippen LogP) is 4.83. The van der Waals surface area contributed by atoms with Crippen LogP contribution in [0.25, 0.3) is 11.0 Å². The summed E-state index contributed by atoms with van der Waals surface area (Å²) in [6.07, 6.45) is -2.68. The topological polar surface area (TPSA) is 90.9 Å². The Balaban J connectivity index is 1.57. The zero-order valence-electron chi connectivity index (χ0n) is 22.6. The maximum atomic E-state index is 13.8. The summed E-state index contributed by atoms with van der Waals surface area (Å²) in [7, 11) is 1.59. The van der Waals surface area contributed by atoms with E-state index in [1.807, 2.05) is 24.8 Å². The second-order valence-electron chi connectivity index (χ2n) is 10.1. The molecule has 1 unspecified atom stereocenters. The molecule has 0 bridgehead atoms. The Kier molecular flexibility index (Phi) is 7.48. The first kappa shape index (κ1) is 28.2. The van der Waals surface area contributed by atoms with Crippen molar-refractivity contribution in [1.29, 1.82) is 5.26 Å². The predicted molar refractivity (Wildman–Crippen MR) is 145 cm³/mol. The third-order valence-corrected chi connectivity index (χ3v) is 7.59. The Morgan fingerprint density at radius 1 is 1.05 bits per heavy atom. The first-order valence-electron chi connectivity index (χ1n) is 13.1. The number of nitrogens with zero attached hydrogens (tertiary/aromatic N) is 7. The maximum Gasteiger partial charge on any atom is 0.433 e. The highest BCUT2D eigenvalue weighted by atomic mass is 19.4. The molecule has 5 rings (SSSR count). The number of fused-ring (bicyclic) bond motifs is 1. The van der Waals surface area contributed by atoms with E-state index in [1.54, 1.807) is 31.3 Å². The standard InChI is InChI=1S/C29H27F4N7O/c1-4-22-16-39(27-25-23(38(3)28(41)37-27)11-10-21(13-34)36-25)17(2)15-40(22)26(18-5-8-20(30)9-6-18)19-7-12-24(35-14-19)29(31,32)33/h5-12,14,17,22,26H,4,15-16H2,1-3H3/t17-,22+,26?/m0/s1. The third kappa shape index (κ3) is 5.37. The molecule has 212 valence electrons. The molecule has 0 spiro atoms. The molecule has 3 atom stereocenters. The fraction of sp³-hybridized carbons (Fsp3) is 0.345. The van der Waals surface area contributed by atoms with Gasteiger partial charge in [0, 0.05) is 38.4 Å². The van der Waals surface area contributed by atoms with E-state index in [4.69, 9.17) is 0 Å². The molecule has 0 amide bonds. The van der Waals surface area contributed by atoms with Crippen molar-refractivity contribution in [2.45, 2.75) is 44.6 Å².